The first-order valence-electron chi connectivity index (χ1n) is 6.10. The van der Waals surface area contributed by atoms with Crippen LogP contribution in [0.2, 0.25) is 0 Å². The minimum atomic E-state index is -0.0393. The summed E-state index contributed by atoms with van der Waals surface area (Å²) in [5.41, 5.74) is 0. The summed E-state index contributed by atoms with van der Waals surface area (Å²) in [5, 5.41) is 12.4. The van der Waals surface area contributed by atoms with Gasteiger partial charge in [-0.05, 0) is 18.6 Å². The second kappa shape index (κ2) is 6.00. The van der Waals surface area contributed by atoms with Crippen LogP contribution in [0.1, 0.15) is 24.0 Å². The molecule has 1 saturated heterocycles. The molecule has 0 unspecified atom stereocenters. The first kappa shape index (κ1) is 12.4. The highest BCUT2D eigenvalue weighted by molar-refractivity contribution is 5.12. The lowest BCUT2D eigenvalue weighted by Crippen LogP contribution is -2.45. The van der Waals surface area contributed by atoms with Crippen LogP contribution in [-0.2, 0) is 6.61 Å². The quantitative estimate of drug-likeness (QED) is 0.756. The fourth-order valence-electron chi connectivity index (χ4n) is 2.26. The molecule has 1 aliphatic rings. The predicted molar refractivity (Wildman–Crippen MR) is 66.6 cm³/mol. The van der Waals surface area contributed by atoms with E-state index >= 15 is 0 Å². The van der Waals surface area contributed by atoms with Gasteiger partial charge in [0.1, 0.15) is 18.1 Å². The van der Waals surface area contributed by atoms with Crippen molar-refractivity contribution in [2.24, 2.45) is 0 Å². The van der Waals surface area contributed by atoms with Gasteiger partial charge in [0.25, 0.3) is 0 Å². The molecule has 94 valence electrons. The molecule has 1 aliphatic heterocycles. The smallest absolute Gasteiger partial charge is 0.129 e. The standard InChI is InChI=1S/C13H20N2O2/c1-2-3-12(15-8-6-14-7-9-15)13-5-4-11(10-16)17-13/h2,4-5,12,14,16H,1,3,6-10H2/t12-/m0/s1. The van der Waals surface area contributed by atoms with Gasteiger partial charge in [0.05, 0.1) is 6.04 Å². The molecule has 0 bridgehead atoms. The zero-order valence-electron chi connectivity index (χ0n) is 10.1. The highest BCUT2D eigenvalue weighted by Gasteiger charge is 2.23. The summed E-state index contributed by atoms with van der Waals surface area (Å²) in [7, 11) is 0. The number of nitrogens with one attached hydrogen (secondary N) is 1. The van der Waals surface area contributed by atoms with E-state index < -0.39 is 0 Å². The van der Waals surface area contributed by atoms with Gasteiger partial charge in [-0.25, -0.2) is 0 Å². The van der Waals surface area contributed by atoms with Gasteiger partial charge in [-0.2, -0.15) is 0 Å². The molecule has 0 radical (unpaired) electrons. The Labute approximate surface area is 102 Å². The molecule has 1 atom stereocenters. The maximum Gasteiger partial charge on any atom is 0.129 e. The summed E-state index contributed by atoms with van der Waals surface area (Å²) in [5.74, 6) is 1.56. The maximum atomic E-state index is 9.04. The van der Waals surface area contributed by atoms with Crippen molar-refractivity contribution in [3.05, 3.63) is 36.3 Å². The van der Waals surface area contributed by atoms with Crippen molar-refractivity contribution in [3.8, 4) is 0 Å². The third-order valence-corrected chi connectivity index (χ3v) is 3.15. The molecular weight excluding hydrogens is 216 g/mol. The molecule has 0 saturated carbocycles. The van der Waals surface area contributed by atoms with E-state index in [4.69, 9.17) is 9.52 Å². The Morgan fingerprint density at radius 1 is 1.47 bits per heavy atom. The number of piperazine rings is 1. The first-order chi connectivity index (χ1) is 8.35. The van der Waals surface area contributed by atoms with E-state index in [1.54, 1.807) is 0 Å². The zero-order valence-corrected chi connectivity index (χ0v) is 10.1. The summed E-state index contributed by atoms with van der Waals surface area (Å²) in [4.78, 5) is 2.40. The van der Waals surface area contributed by atoms with Crippen molar-refractivity contribution >= 4 is 0 Å². The summed E-state index contributed by atoms with van der Waals surface area (Å²) in [6, 6.07) is 4.05. The van der Waals surface area contributed by atoms with Crippen LogP contribution in [0.3, 0.4) is 0 Å². The van der Waals surface area contributed by atoms with Crippen molar-refractivity contribution in [2.45, 2.75) is 19.1 Å². The summed E-state index contributed by atoms with van der Waals surface area (Å²) in [6.45, 7) is 7.85. The summed E-state index contributed by atoms with van der Waals surface area (Å²) >= 11 is 0. The van der Waals surface area contributed by atoms with E-state index in [0.29, 0.717) is 5.76 Å². The van der Waals surface area contributed by atoms with Crippen molar-refractivity contribution in [3.63, 3.8) is 0 Å². The van der Waals surface area contributed by atoms with E-state index in [1.165, 1.54) is 0 Å². The number of nitrogens with zero attached hydrogens (tertiary/aromatic N) is 1. The van der Waals surface area contributed by atoms with E-state index in [2.05, 4.69) is 16.8 Å². The average molecular weight is 236 g/mol. The van der Waals surface area contributed by atoms with E-state index in [0.717, 1.165) is 38.4 Å². The van der Waals surface area contributed by atoms with Gasteiger partial charge >= 0.3 is 0 Å². The largest absolute Gasteiger partial charge is 0.462 e. The van der Waals surface area contributed by atoms with Crippen LogP contribution < -0.4 is 5.32 Å². The van der Waals surface area contributed by atoms with Crippen LogP contribution in [0.5, 0.6) is 0 Å². The molecule has 0 amide bonds. The highest BCUT2D eigenvalue weighted by Crippen LogP contribution is 2.26. The molecule has 0 aromatic carbocycles. The minimum absolute atomic E-state index is 0.0393. The number of hydrogen-bond acceptors (Lipinski definition) is 4. The van der Waals surface area contributed by atoms with Gasteiger partial charge in [-0.3, -0.25) is 4.90 Å². The summed E-state index contributed by atoms with van der Waals surface area (Å²) < 4.78 is 5.64. The topological polar surface area (TPSA) is 48.6 Å². The van der Waals surface area contributed by atoms with Gasteiger partial charge in [-0.15, -0.1) is 6.58 Å². The lowest BCUT2D eigenvalue weighted by molar-refractivity contribution is 0.150. The Kier molecular flexibility index (Phi) is 4.36. The van der Waals surface area contributed by atoms with Gasteiger partial charge in [0, 0.05) is 26.2 Å². The third-order valence-electron chi connectivity index (χ3n) is 3.15. The molecule has 4 heteroatoms. The second-order valence-electron chi connectivity index (χ2n) is 4.29. The minimum Gasteiger partial charge on any atom is -0.462 e. The molecule has 4 nitrogen and oxygen atoms in total. The van der Waals surface area contributed by atoms with Crippen molar-refractivity contribution < 1.29 is 9.52 Å². The number of rotatable bonds is 5. The fraction of sp³-hybridized carbons (Fsp3) is 0.538. The van der Waals surface area contributed by atoms with Crippen LogP contribution >= 0.6 is 0 Å². The van der Waals surface area contributed by atoms with Crippen molar-refractivity contribution in [2.75, 3.05) is 26.2 Å². The molecule has 1 aromatic rings. The van der Waals surface area contributed by atoms with E-state index in [1.807, 2.05) is 18.2 Å². The number of aliphatic hydroxyl groups is 1. The fourth-order valence-corrected chi connectivity index (χ4v) is 2.26. The van der Waals surface area contributed by atoms with Crippen LogP contribution in [0, 0.1) is 0 Å². The van der Waals surface area contributed by atoms with Crippen LogP contribution in [0.15, 0.2) is 29.2 Å². The Hall–Kier alpha value is -1.10. The molecule has 1 aromatic heterocycles. The Bertz CT molecular complexity index is 356. The van der Waals surface area contributed by atoms with Gasteiger partial charge in [0.2, 0.25) is 0 Å². The number of furan rings is 1. The maximum absolute atomic E-state index is 9.04. The Morgan fingerprint density at radius 2 is 2.24 bits per heavy atom. The van der Waals surface area contributed by atoms with Crippen LogP contribution in [-0.4, -0.2) is 36.2 Å². The molecule has 2 rings (SSSR count). The predicted octanol–water partition coefficient (Wildman–Crippen LogP) is 1.29. The first-order valence-corrected chi connectivity index (χ1v) is 6.10. The Morgan fingerprint density at radius 3 is 2.82 bits per heavy atom. The Balaban J connectivity index is 2.11. The van der Waals surface area contributed by atoms with E-state index in [-0.39, 0.29) is 12.6 Å². The van der Waals surface area contributed by atoms with E-state index in [9.17, 15) is 0 Å². The number of hydrogen-bond donors (Lipinski definition) is 2. The van der Waals surface area contributed by atoms with Crippen LogP contribution in [0.4, 0.5) is 0 Å². The third kappa shape index (κ3) is 2.97. The molecule has 1 fully saturated rings. The lowest BCUT2D eigenvalue weighted by Gasteiger charge is -2.33. The molecule has 2 heterocycles. The zero-order chi connectivity index (χ0) is 12.1. The highest BCUT2D eigenvalue weighted by atomic mass is 16.4. The van der Waals surface area contributed by atoms with Gasteiger partial charge in [0.15, 0.2) is 0 Å². The molecule has 0 spiro atoms. The van der Waals surface area contributed by atoms with Gasteiger partial charge in [-0.1, -0.05) is 6.08 Å². The second-order valence-corrected chi connectivity index (χ2v) is 4.29. The van der Waals surface area contributed by atoms with Crippen molar-refractivity contribution in [1.82, 2.24) is 10.2 Å². The summed E-state index contributed by atoms with van der Waals surface area (Å²) in [6.07, 6.45) is 2.80. The van der Waals surface area contributed by atoms with Gasteiger partial charge < -0.3 is 14.8 Å². The molecule has 17 heavy (non-hydrogen) atoms. The molecular formula is C13H20N2O2. The van der Waals surface area contributed by atoms with Crippen molar-refractivity contribution in [1.29, 1.82) is 0 Å². The monoisotopic (exact) mass is 236 g/mol. The lowest BCUT2D eigenvalue weighted by atomic mass is 10.1. The molecule has 0 aliphatic carbocycles. The number of aliphatic hydroxyl groups excluding tert-OH is 1. The normalized spacial score (nSPS) is 19.1. The SMILES string of the molecule is C=CC[C@@H](c1ccc(CO)o1)N1CCNCC1. The molecule has 2 N–H and O–H groups in total. The average Bonchev–Trinajstić information content (AvgIpc) is 2.85. The van der Waals surface area contributed by atoms with Crippen LogP contribution in [0.25, 0.3) is 0 Å².